The lowest BCUT2D eigenvalue weighted by molar-refractivity contribution is 0.0666. The Labute approximate surface area is 185 Å². The van der Waals surface area contributed by atoms with Crippen LogP contribution in [0.1, 0.15) is 35.1 Å². The average molecular weight is 436 g/mol. The number of para-hydroxylation sites is 3. The van der Waals surface area contributed by atoms with Gasteiger partial charge in [-0.2, -0.15) is 0 Å². The third-order valence-electron chi connectivity index (χ3n) is 5.73. The highest BCUT2D eigenvalue weighted by molar-refractivity contribution is 6.32. The van der Waals surface area contributed by atoms with Crippen molar-refractivity contribution in [1.29, 1.82) is 0 Å². The predicted octanol–water partition coefficient (Wildman–Crippen LogP) is 5.63. The Morgan fingerprint density at radius 3 is 2.77 bits per heavy atom. The fraction of sp³-hybridized carbons (Fsp3) is 0.250. The number of nitrogens with zero attached hydrogens (tertiary/aromatic N) is 3. The molecular formula is C24H22ClN3O3. The first kappa shape index (κ1) is 19.7. The minimum Gasteiger partial charge on any atom is -0.424 e. The largest absolute Gasteiger partial charge is 0.424 e. The van der Waals surface area contributed by atoms with Crippen molar-refractivity contribution in [3.8, 4) is 11.7 Å². The lowest BCUT2D eigenvalue weighted by atomic mass is 9.97. The second kappa shape index (κ2) is 8.12. The van der Waals surface area contributed by atoms with E-state index >= 15 is 0 Å². The number of carbonyl (C=O) groups is 1. The molecule has 0 bridgehead atoms. The normalized spacial score (nSPS) is 16.6. The van der Waals surface area contributed by atoms with Gasteiger partial charge in [-0.1, -0.05) is 35.9 Å². The Kier molecular flexibility index (Phi) is 5.16. The molecule has 4 aromatic rings. The smallest absolute Gasteiger partial charge is 0.290 e. The van der Waals surface area contributed by atoms with Crippen molar-refractivity contribution >= 4 is 28.5 Å². The van der Waals surface area contributed by atoms with Crippen molar-refractivity contribution in [3.63, 3.8) is 0 Å². The molecule has 0 N–H and O–H groups in total. The average Bonchev–Trinajstić information content (AvgIpc) is 3.40. The molecule has 31 heavy (non-hydrogen) atoms. The van der Waals surface area contributed by atoms with Crippen LogP contribution in [0.25, 0.3) is 11.0 Å². The van der Waals surface area contributed by atoms with E-state index in [1.54, 1.807) is 24.3 Å². The third-order valence-corrected chi connectivity index (χ3v) is 6.05. The van der Waals surface area contributed by atoms with Crippen LogP contribution in [0.4, 0.5) is 0 Å². The summed E-state index contributed by atoms with van der Waals surface area (Å²) in [5, 5.41) is 0.480. The van der Waals surface area contributed by atoms with Crippen LogP contribution in [0.3, 0.4) is 0 Å². The molecule has 0 saturated carbocycles. The van der Waals surface area contributed by atoms with Gasteiger partial charge < -0.3 is 18.6 Å². The molecular weight excluding hydrogens is 414 g/mol. The lowest BCUT2D eigenvalue weighted by Crippen LogP contribution is -2.39. The fourth-order valence-electron chi connectivity index (χ4n) is 4.18. The fourth-order valence-corrected chi connectivity index (χ4v) is 4.36. The molecule has 1 atom stereocenters. The number of hydrogen-bond acceptors (Lipinski definition) is 4. The number of imidazole rings is 1. The Morgan fingerprint density at radius 1 is 1.13 bits per heavy atom. The summed E-state index contributed by atoms with van der Waals surface area (Å²) >= 11 is 6.13. The first-order chi connectivity index (χ1) is 15.1. The molecule has 0 aliphatic carbocycles. The molecule has 1 unspecified atom stereocenters. The maximum Gasteiger partial charge on any atom is 0.290 e. The molecule has 7 heteroatoms. The van der Waals surface area contributed by atoms with Crippen molar-refractivity contribution in [2.45, 2.75) is 18.8 Å². The topological polar surface area (TPSA) is 60.5 Å². The van der Waals surface area contributed by atoms with Gasteiger partial charge in [-0.15, -0.1) is 0 Å². The van der Waals surface area contributed by atoms with Gasteiger partial charge in [0.15, 0.2) is 5.76 Å². The molecule has 1 fully saturated rings. The maximum atomic E-state index is 13.1. The van der Waals surface area contributed by atoms with Gasteiger partial charge in [-0.25, -0.2) is 4.98 Å². The summed E-state index contributed by atoms with van der Waals surface area (Å²) in [5.74, 6) is 2.03. The van der Waals surface area contributed by atoms with Gasteiger partial charge in [0, 0.05) is 32.1 Å². The second-order valence-electron chi connectivity index (χ2n) is 7.76. The number of fused-ring (bicyclic) bond motifs is 1. The summed E-state index contributed by atoms with van der Waals surface area (Å²) in [7, 11) is 2.04. The Morgan fingerprint density at radius 2 is 1.94 bits per heavy atom. The van der Waals surface area contributed by atoms with Gasteiger partial charge in [0.2, 0.25) is 0 Å². The van der Waals surface area contributed by atoms with Crippen molar-refractivity contribution in [2.75, 3.05) is 13.1 Å². The molecule has 5 rings (SSSR count). The standard InChI is InChI=1S/C24H22ClN3O3/c1-27-19-10-4-3-9-18(19)26-23(27)16-7-6-14-28(15-16)24(29)21-12-13-22(31-21)30-20-11-5-2-8-17(20)25/h2-5,8-13,16H,6-7,14-15H2,1H3. The number of piperidine rings is 1. The van der Waals surface area contributed by atoms with Crippen LogP contribution in [0.2, 0.25) is 5.02 Å². The van der Waals surface area contributed by atoms with Crippen LogP contribution >= 0.6 is 11.6 Å². The number of rotatable bonds is 4. The van der Waals surface area contributed by atoms with Crippen LogP contribution in [-0.4, -0.2) is 33.4 Å². The number of halogens is 1. The van der Waals surface area contributed by atoms with Crippen LogP contribution in [0, 0.1) is 0 Å². The quantitative estimate of drug-likeness (QED) is 0.416. The van der Waals surface area contributed by atoms with E-state index < -0.39 is 0 Å². The number of hydrogen-bond donors (Lipinski definition) is 0. The van der Waals surface area contributed by atoms with E-state index in [4.69, 9.17) is 25.7 Å². The SMILES string of the molecule is Cn1c(C2CCCN(C(=O)c3ccc(Oc4ccccc4Cl)o3)C2)nc2ccccc21. The summed E-state index contributed by atoms with van der Waals surface area (Å²) in [6.45, 7) is 1.30. The summed E-state index contributed by atoms with van der Waals surface area (Å²) < 4.78 is 13.5. The molecule has 2 aromatic heterocycles. The predicted molar refractivity (Wildman–Crippen MR) is 119 cm³/mol. The highest BCUT2D eigenvalue weighted by atomic mass is 35.5. The zero-order chi connectivity index (χ0) is 21.4. The molecule has 1 saturated heterocycles. The number of likely N-dealkylation sites (tertiary alicyclic amines) is 1. The molecule has 6 nitrogen and oxygen atoms in total. The number of amides is 1. The maximum absolute atomic E-state index is 13.1. The number of carbonyl (C=O) groups excluding carboxylic acids is 1. The summed E-state index contributed by atoms with van der Waals surface area (Å²) in [4.78, 5) is 19.8. The van der Waals surface area contributed by atoms with Crippen molar-refractivity contribution in [2.24, 2.45) is 7.05 Å². The number of furan rings is 1. The van der Waals surface area contributed by atoms with E-state index in [-0.39, 0.29) is 23.5 Å². The molecule has 0 spiro atoms. The number of aryl methyl sites for hydroxylation is 1. The van der Waals surface area contributed by atoms with Crippen molar-refractivity contribution in [1.82, 2.24) is 14.5 Å². The Balaban J connectivity index is 1.32. The zero-order valence-corrected chi connectivity index (χ0v) is 17.9. The van der Waals surface area contributed by atoms with E-state index in [1.165, 1.54) is 0 Å². The molecule has 3 heterocycles. The minimum absolute atomic E-state index is 0.141. The van der Waals surface area contributed by atoms with Gasteiger partial charge >= 0.3 is 0 Å². The highest BCUT2D eigenvalue weighted by Crippen LogP contribution is 2.32. The number of ether oxygens (including phenoxy) is 1. The minimum atomic E-state index is -0.141. The van der Waals surface area contributed by atoms with Crippen LogP contribution < -0.4 is 4.74 Å². The highest BCUT2D eigenvalue weighted by Gasteiger charge is 2.30. The third kappa shape index (κ3) is 3.79. The van der Waals surface area contributed by atoms with Crippen molar-refractivity contribution in [3.05, 3.63) is 77.3 Å². The molecule has 1 aliphatic heterocycles. The van der Waals surface area contributed by atoms with E-state index in [0.717, 1.165) is 29.7 Å². The first-order valence-corrected chi connectivity index (χ1v) is 10.7. The van der Waals surface area contributed by atoms with Gasteiger partial charge in [0.25, 0.3) is 11.9 Å². The molecule has 0 radical (unpaired) electrons. The van der Waals surface area contributed by atoms with Crippen LogP contribution in [0.15, 0.2) is 65.1 Å². The van der Waals surface area contributed by atoms with Gasteiger partial charge in [0.05, 0.1) is 16.1 Å². The van der Waals surface area contributed by atoms with E-state index in [1.807, 2.05) is 42.3 Å². The van der Waals surface area contributed by atoms with Gasteiger partial charge in [-0.05, 0) is 43.2 Å². The number of aromatic nitrogens is 2. The monoisotopic (exact) mass is 435 g/mol. The van der Waals surface area contributed by atoms with E-state index in [2.05, 4.69) is 10.6 Å². The first-order valence-electron chi connectivity index (χ1n) is 10.3. The number of benzene rings is 2. The van der Waals surface area contributed by atoms with Crippen LogP contribution in [-0.2, 0) is 7.05 Å². The molecule has 1 amide bonds. The Bertz CT molecular complexity index is 1250. The van der Waals surface area contributed by atoms with Gasteiger partial charge in [-0.3, -0.25) is 4.79 Å². The van der Waals surface area contributed by atoms with E-state index in [9.17, 15) is 4.79 Å². The van der Waals surface area contributed by atoms with Gasteiger partial charge in [0.1, 0.15) is 11.6 Å². The molecule has 1 aliphatic rings. The van der Waals surface area contributed by atoms with Crippen molar-refractivity contribution < 1.29 is 13.9 Å². The summed E-state index contributed by atoms with van der Waals surface area (Å²) in [5.41, 5.74) is 2.09. The molecule has 158 valence electrons. The second-order valence-corrected chi connectivity index (χ2v) is 8.17. The van der Waals surface area contributed by atoms with Crippen LogP contribution in [0.5, 0.6) is 11.7 Å². The zero-order valence-electron chi connectivity index (χ0n) is 17.1. The summed E-state index contributed by atoms with van der Waals surface area (Å²) in [6, 6.07) is 18.5. The molecule has 2 aromatic carbocycles. The summed E-state index contributed by atoms with van der Waals surface area (Å²) in [6.07, 6.45) is 1.92. The Hall–Kier alpha value is -3.25. The van der Waals surface area contributed by atoms with E-state index in [0.29, 0.717) is 23.9 Å². The lowest BCUT2D eigenvalue weighted by Gasteiger charge is -2.31.